The fraction of sp³-hybridized carbons (Fsp3) is 0.552. The molecule has 0 spiro atoms. The van der Waals surface area contributed by atoms with E-state index in [4.69, 9.17) is 9.47 Å². The Balaban J connectivity index is 1.73. The molecule has 11 heteroatoms. The van der Waals surface area contributed by atoms with Gasteiger partial charge >= 0.3 is 18.4 Å². The number of amides is 2. The smallest absolute Gasteiger partial charge is 0.382 e. The second kappa shape index (κ2) is 11.6. The van der Waals surface area contributed by atoms with Crippen LogP contribution in [0.2, 0.25) is 0 Å². The number of aryl methyl sites for hydroxylation is 1. The van der Waals surface area contributed by atoms with Gasteiger partial charge in [0.1, 0.15) is 6.10 Å². The summed E-state index contributed by atoms with van der Waals surface area (Å²) in [5.41, 5.74) is -1.03. The lowest BCUT2D eigenvalue weighted by atomic mass is 9.68. The molecule has 1 aliphatic carbocycles. The predicted octanol–water partition coefficient (Wildman–Crippen LogP) is 6.91. The number of nitrogens with zero attached hydrogens (tertiary/aromatic N) is 2. The van der Waals surface area contributed by atoms with Crippen LogP contribution in [0.4, 0.5) is 31.1 Å². The molecule has 5 nitrogen and oxygen atoms in total. The number of rotatable bonds is 6. The highest BCUT2D eigenvalue weighted by molar-refractivity contribution is 5.74. The van der Waals surface area contributed by atoms with E-state index in [1.807, 2.05) is 31.2 Å². The van der Waals surface area contributed by atoms with Crippen molar-refractivity contribution >= 4 is 6.03 Å². The summed E-state index contributed by atoms with van der Waals surface area (Å²) in [5, 5.41) is 0. The number of methoxy groups -OCH3 is 1. The Hall–Kier alpha value is -2.79. The maximum atomic E-state index is 13.6. The van der Waals surface area contributed by atoms with Crippen LogP contribution in [-0.4, -0.2) is 62.8 Å². The van der Waals surface area contributed by atoms with E-state index in [0.717, 1.165) is 11.1 Å². The molecule has 4 rings (SSSR count). The summed E-state index contributed by atoms with van der Waals surface area (Å²) >= 11 is 0. The number of likely N-dealkylation sites (tertiary alicyclic amines) is 1. The average molecular weight is 573 g/mol. The van der Waals surface area contributed by atoms with Crippen LogP contribution < -0.4 is 0 Å². The highest BCUT2D eigenvalue weighted by atomic mass is 19.4. The van der Waals surface area contributed by atoms with Crippen LogP contribution in [0.15, 0.2) is 42.5 Å². The third-order valence-electron chi connectivity index (χ3n) is 8.01. The molecule has 2 aromatic rings. The molecule has 1 saturated carbocycles. The first-order chi connectivity index (χ1) is 18.7. The topological polar surface area (TPSA) is 42.0 Å². The van der Waals surface area contributed by atoms with Gasteiger partial charge in [-0.15, -0.1) is 0 Å². The predicted molar refractivity (Wildman–Crippen MR) is 137 cm³/mol. The van der Waals surface area contributed by atoms with Crippen molar-refractivity contribution in [3.05, 3.63) is 70.3 Å². The van der Waals surface area contributed by atoms with Gasteiger partial charge in [0.15, 0.2) is 0 Å². The molecule has 0 aromatic heterocycles. The molecule has 2 aliphatic rings. The number of carbonyl (C=O) groups excluding carboxylic acids is 1. The number of carbonyl (C=O) groups is 1. The summed E-state index contributed by atoms with van der Waals surface area (Å²) < 4.78 is 93.3. The molecule has 1 heterocycles. The number of hydrogen-bond acceptors (Lipinski definition) is 3. The van der Waals surface area contributed by atoms with E-state index in [9.17, 15) is 31.1 Å². The van der Waals surface area contributed by atoms with E-state index in [0.29, 0.717) is 38.1 Å². The van der Waals surface area contributed by atoms with Crippen molar-refractivity contribution in [2.75, 3.05) is 40.9 Å². The zero-order valence-electron chi connectivity index (χ0n) is 22.9. The Morgan fingerprint density at radius 1 is 1.00 bits per heavy atom. The molecule has 220 valence electrons. The zero-order valence-corrected chi connectivity index (χ0v) is 22.9. The van der Waals surface area contributed by atoms with E-state index in [2.05, 4.69) is 0 Å². The maximum Gasteiger partial charge on any atom is 0.416 e. The largest absolute Gasteiger partial charge is 0.416 e. The van der Waals surface area contributed by atoms with Crippen LogP contribution in [0, 0.1) is 18.8 Å². The second-order valence-electron chi connectivity index (χ2n) is 10.9. The van der Waals surface area contributed by atoms with E-state index in [1.165, 1.54) is 12.0 Å². The molecule has 2 amide bonds. The van der Waals surface area contributed by atoms with Gasteiger partial charge in [0.25, 0.3) is 0 Å². The minimum atomic E-state index is -4.97. The lowest BCUT2D eigenvalue weighted by Crippen LogP contribution is -2.40. The number of benzene rings is 2. The standard InChI is InChI=1S/C29H34F6N2O3/c1-17-7-5-6-8-22(17)26-23-15-37(27(38)36(2)3)14-18(23)9-10-24(26)40-25(16-39-4)19-11-20(28(30,31)32)13-21(12-19)29(33,34)35/h5-8,11-13,18,23-26H,9-10,14-16H2,1-4H3/t18-,23-,24+,25-,26+/m1/s1. The van der Waals surface area contributed by atoms with E-state index >= 15 is 0 Å². The summed E-state index contributed by atoms with van der Waals surface area (Å²) in [5.74, 6) is -0.00837. The maximum absolute atomic E-state index is 13.6. The SMILES string of the molecule is COC[C@@H](O[C@H]1CC[C@@H]2CN(C(=O)N(C)C)C[C@H]2[C@@H]1c1ccccc1C)c1cc(C(F)(F)F)cc(C(F)(F)F)c1. The molecular weight excluding hydrogens is 538 g/mol. The fourth-order valence-electron chi connectivity index (χ4n) is 6.17. The lowest BCUT2D eigenvalue weighted by molar-refractivity contribution is -0.143. The number of hydrogen-bond donors (Lipinski definition) is 0. The van der Waals surface area contributed by atoms with Crippen LogP contribution in [0.25, 0.3) is 0 Å². The lowest BCUT2D eigenvalue weighted by Gasteiger charge is -2.41. The van der Waals surface area contributed by atoms with Gasteiger partial charge in [-0.25, -0.2) is 4.79 Å². The minimum Gasteiger partial charge on any atom is -0.382 e. The monoisotopic (exact) mass is 572 g/mol. The Morgan fingerprint density at radius 3 is 2.17 bits per heavy atom. The summed E-state index contributed by atoms with van der Waals surface area (Å²) in [4.78, 5) is 16.1. The molecular formula is C29H34F6N2O3. The van der Waals surface area contributed by atoms with E-state index in [-0.39, 0.29) is 42.0 Å². The summed E-state index contributed by atoms with van der Waals surface area (Å²) in [6.45, 7) is 2.80. The molecule has 1 aliphatic heterocycles. The highest BCUT2D eigenvalue weighted by Gasteiger charge is 2.48. The highest BCUT2D eigenvalue weighted by Crippen LogP contribution is 2.49. The molecule has 2 fully saturated rings. The first kappa shape index (κ1) is 30.2. The van der Waals surface area contributed by atoms with Crippen molar-refractivity contribution in [1.29, 1.82) is 0 Å². The number of halogens is 6. The van der Waals surface area contributed by atoms with Crippen LogP contribution in [0.3, 0.4) is 0 Å². The van der Waals surface area contributed by atoms with Crippen LogP contribution in [-0.2, 0) is 21.8 Å². The first-order valence-corrected chi connectivity index (χ1v) is 13.2. The fourth-order valence-corrected chi connectivity index (χ4v) is 6.17. The molecule has 1 saturated heterocycles. The van der Waals surface area contributed by atoms with Gasteiger partial charge in [0, 0.05) is 40.2 Å². The van der Waals surface area contributed by atoms with E-state index in [1.54, 1.807) is 19.0 Å². The van der Waals surface area contributed by atoms with E-state index < -0.39 is 35.7 Å². The van der Waals surface area contributed by atoms with Gasteiger partial charge in [-0.1, -0.05) is 24.3 Å². The Morgan fingerprint density at radius 2 is 1.62 bits per heavy atom. The quantitative estimate of drug-likeness (QED) is 0.353. The Labute approximate surface area is 230 Å². The second-order valence-corrected chi connectivity index (χ2v) is 10.9. The number of ether oxygens (including phenoxy) is 2. The third-order valence-corrected chi connectivity index (χ3v) is 8.01. The minimum absolute atomic E-state index is 0.0131. The molecule has 0 unspecified atom stereocenters. The van der Waals surface area contributed by atoms with Crippen molar-refractivity contribution in [3.63, 3.8) is 0 Å². The third kappa shape index (κ3) is 6.40. The molecule has 0 N–H and O–H groups in total. The van der Waals surface area contributed by atoms with Crippen molar-refractivity contribution in [1.82, 2.24) is 9.80 Å². The van der Waals surface area contributed by atoms with Crippen molar-refractivity contribution in [2.24, 2.45) is 11.8 Å². The number of fused-ring (bicyclic) bond motifs is 1. The van der Waals surface area contributed by atoms with Gasteiger partial charge in [-0.05, 0) is 66.5 Å². The summed E-state index contributed by atoms with van der Waals surface area (Å²) in [6.07, 6.45) is -10.4. The summed E-state index contributed by atoms with van der Waals surface area (Å²) in [6, 6.07) is 9.17. The van der Waals surface area contributed by atoms with Crippen LogP contribution in [0.5, 0.6) is 0 Å². The Kier molecular flexibility index (Phi) is 8.75. The molecule has 5 atom stereocenters. The van der Waals surface area contributed by atoms with Gasteiger partial charge in [-0.2, -0.15) is 26.3 Å². The van der Waals surface area contributed by atoms with Gasteiger partial charge < -0.3 is 19.3 Å². The molecule has 0 bridgehead atoms. The van der Waals surface area contributed by atoms with Gasteiger partial charge in [0.05, 0.1) is 23.8 Å². The number of alkyl halides is 6. The average Bonchev–Trinajstić information content (AvgIpc) is 3.31. The Bertz CT molecular complexity index is 1170. The number of urea groups is 1. The first-order valence-electron chi connectivity index (χ1n) is 13.2. The normalized spacial score (nSPS) is 24.1. The molecule has 0 radical (unpaired) electrons. The van der Waals surface area contributed by atoms with Crippen LogP contribution >= 0.6 is 0 Å². The van der Waals surface area contributed by atoms with Crippen molar-refractivity contribution in [2.45, 2.75) is 50.2 Å². The zero-order chi connectivity index (χ0) is 29.4. The molecule has 40 heavy (non-hydrogen) atoms. The van der Waals surface area contributed by atoms with Crippen molar-refractivity contribution in [3.8, 4) is 0 Å². The summed E-state index contributed by atoms with van der Waals surface area (Å²) in [7, 11) is 4.70. The van der Waals surface area contributed by atoms with Crippen LogP contribution in [0.1, 0.15) is 52.7 Å². The van der Waals surface area contributed by atoms with Crippen molar-refractivity contribution < 1.29 is 40.6 Å². The van der Waals surface area contributed by atoms with Gasteiger partial charge in [-0.3, -0.25) is 0 Å². The molecule has 2 aromatic carbocycles. The van der Waals surface area contributed by atoms with Gasteiger partial charge in [0.2, 0.25) is 0 Å².